The maximum absolute atomic E-state index is 14.5. The first-order valence-electron chi connectivity index (χ1n) is 11.2. The predicted octanol–water partition coefficient (Wildman–Crippen LogP) is 2.11. The Labute approximate surface area is 211 Å². The molecule has 3 fully saturated rings. The molecule has 0 unspecified atom stereocenters. The number of hydrogen-bond donors (Lipinski definition) is 0. The van der Waals surface area contributed by atoms with Gasteiger partial charge in [-0.15, -0.1) is 23.5 Å². The summed E-state index contributed by atoms with van der Waals surface area (Å²) in [5, 5.41) is 0. The minimum atomic E-state index is -1.25. The quantitative estimate of drug-likeness (QED) is 0.518. The summed E-state index contributed by atoms with van der Waals surface area (Å²) in [5.74, 6) is -1.43. The summed E-state index contributed by atoms with van der Waals surface area (Å²) < 4.78 is 16.6. The van der Waals surface area contributed by atoms with Crippen molar-refractivity contribution in [3.05, 3.63) is 48.0 Å². The van der Waals surface area contributed by atoms with Gasteiger partial charge in [-0.05, 0) is 35.8 Å². The number of fused-ring (bicyclic) bond motifs is 6. The van der Waals surface area contributed by atoms with Gasteiger partial charge in [-0.25, -0.2) is 0 Å². The number of nitrogens with zero attached hydrogens (tertiary/aromatic N) is 2. The molecule has 3 saturated heterocycles. The second kappa shape index (κ2) is 8.48. The number of amides is 2. The van der Waals surface area contributed by atoms with Crippen LogP contribution in [0.2, 0.25) is 0 Å². The molecule has 2 amide bonds. The zero-order valence-corrected chi connectivity index (χ0v) is 21.4. The van der Waals surface area contributed by atoms with Crippen LogP contribution in [0.25, 0.3) is 0 Å². The van der Waals surface area contributed by atoms with E-state index in [-0.39, 0.29) is 18.2 Å². The highest BCUT2D eigenvalue weighted by molar-refractivity contribution is 8.01. The number of thioether (sulfide) groups is 2. The second-order valence-electron chi connectivity index (χ2n) is 9.00. The number of allylic oxidation sites excluding steroid dienone is 2. The molecule has 6 atom stereocenters. The van der Waals surface area contributed by atoms with Crippen LogP contribution < -0.4 is 0 Å². The molecule has 4 heterocycles. The fourth-order valence-electron chi connectivity index (χ4n) is 5.87. The van der Waals surface area contributed by atoms with Crippen LogP contribution >= 0.6 is 23.5 Å². The summed E-state index contributed by atoms with van der Waals surface area (Å²) in [4.78, 5) is 53.6. The molecule has 0 spiro atoms. The molecule has 1 aliphatic carbocycles. The van der Waals surface area contributed by atoms with Crippen LogP contribution in [0.15, 0.2) is 48.0 Å². The minimum Gasteiger partial charge on any atom is -0.473 e. The van der Waals surface area contributed by atoms with Crippen molar-refractivity contribution in [1.82, 2.24) is 9.80 Å². The molecule has 0 bridgehead atoms. The number of ether oxygens (including phenoxy) is 3. The van der Waals surface area contributed by atoms with Gasteiger partial charge in [-0.1, -0.05) is 12.2 Å². The maximum atomic E-state index is 14.5. The third-order valence-corrected chi connectivity index (χ3v) is 9.55. The van der Waals surface area contributed by atoms with E-state index in [9.17, 15) is 19.2 Å². The molecule has 0 aromatic rings. The maximum Gasteiger partial charge on any atom is 0.303 e. The van der Waals surface area contributed by atoms with Gasteiger partial charge in [-0.2, -0.15) is 0 Å². The molecule has 0 aromatic heterocycles. The summed E-state index contributed by atoms with van der Waals surface area (Å²) >= 11 is 2.58. The average molecular weight is 519 g/mol. The lowest BCUT2D eigenvalue weighted by atomic mass is 9.96. The van der Waals surface area contributed by atoms with Crippen molar-refractivity contribution in [3.8, 4) is 0 Å². The molecule has 0 saturated carbocycles. The van der Waals surface area contributed by atoms with E-state index in [0.29, 0.717) is 12.0 Å². The molecular formula is C24H26N2O7S2. The molecule has 0 aromatic carbocycles. The lowest BCUT2D eigenvalue weighted by molar-refractivity contribution is -0.171. The normalized spacial score (nSPS) is 36.8. The van der Waals surface area contributed by atoms with E-state index in [4.69, 9.17) is 14.2 Å². The summed E-state index contributed by atoms with van der Waals surface area (Å²) in [6, 6.07) is -1.24. The van der Waals surface area contributed by atoms with E-state index in [1.165, 1.54) is 49.9 Å². The van der Waals surface area contributed by atoms with E-state index >= 15 is 0 Å². The summed E-state index contributed by atoms with van der Waals surface area (Å²) in [7, 11) is 0. The number of hydrogen-bond acceptors (Lipinski definition) is 9. The molecule has 35 heavy (non-hydrogen) atoms. The van der Waals surface area contributed by atoms with Crippen molar-refractivity contribution in [1.29, 1.82) is 0 Å². The van der Waals surface area contributed by atoms with Gasteiger partial charge in [0.25, 0.3) is 11.8 Å². The Morgan fingerprint density at radius 2 is 1.43 bits per heavy atom. The second-order valence-corrected chi connectivity index (χ2v) is 11.2. The number of esters is 2. The summed E-state index contributed by atoms with van der Waals surface area (Å²) in [6.45, 7) is 2.64. The zero-order valence-electron chi connectivity index (χ0n) is 19.8. The van der Waals surface area contributed by atoms with Crippen LogP contribution in [0.4, 0.5) is 0 Å². The molecule has 11 heteroatoms. The lowest BCUT2D eigenvalue weighted by Gasteiger charge is -2.54. The van der Waals surface area contributed by atoms with Gasteiger partial charge in [0.15, 0.2) is 9.74 Å². The SMILES string of the molecule is CS[C@@]12CC3=CC=C[C@H](OC(C)=O)[C@H]3N1C(=O)[C@]1(SC)CC3=COC=C[C@H](OC(C)=O)[C@H]3N1C2=O. The van der Waals surface area contributed by atoms with Crippen molar-refractivity contribution < 1.29 is 33.4 Å². The molecular weight excluding hydrogens is 492 g/mol. The largest absolute Gasteiger partial charge is 0.473 e. The number of piperazine rings is 1. The Kier molecular flexibility index (Phi) is 5.83. The van der Waals surface area contributed by atoms with Crippen molar-refractivity contribution in [3.63, 3.8) is 0 Å². The number of carbonyl (C=O) groups is 4. The third kappa shape index (κ3) is 3.31. The highest BCUT2D eigenvalue weighted by Gasteiger charge is 2.73. The third-order valence-electron chi connectivity index (χ3n) is 7.17. The minimum absolute atomic E-state index is 0.226. The van der Waals surface area contributed by atoms with Gasteiger partial charge >= 0.3 is 11.9 Å². The van der Waals surface area contributed by atoms with Crippen LogP contribution in [0.5, 0.6) is 0 Å². The zero-order chi connectivity index (χ0) is 25.1. The molecule has 9 nitrogen and oxygen atoms in total. The van der Waals surface area contributed by atoms with Crippen LogP contribution in [-0.2, 0) is 33.4 Å². The first kappa shape index (κ1) is 24.1. The van der Waals surface area contributed by atoms with Crippen LogP contribution in [-0.4, -0.2) is 80.1 Å². The molecule has 0 N–H and O–H groups in total. The highest BCUT2D eigenvalue weighted by atomic mass is 32.2. The van der Waals surface area contributed by atoms with Crippen molar-refractivity contribution in [2.24, 2.45) is 0 Å². The van der Waals surface area contributed by atoms with E-state index in [1.54, 1.807) is 34.3 Å². The fraction of sp³-hybridized carbons (Fsp3) is 0.500. The van der Waals surface area contributed by atoms with E-state index in [1.807, 2.05) is 12.3 Å². The van der Waals surface area contributed by atoms with Gasteiger partial charge in [0, 0.05) is 26.7 Å². The highest BCUT2D eigenvalue weighted by Crippen LogP contribution is 2.59. The van der Waals surface area contributed by atoms with Crippen LogP contribution in [0.1, 0.15) is 26.7 Å². The van der Waals surface area contributed by atoms with Crippen molar-refractivity contribution in [2.45, 2.75) is 60.7 Å². The van der Waals surface area contributed by atoms with E-state index in [2.05, 4.69) is 0 Å². The Balaban J connectivity index is 1.65. The van der Waals surface area contributed by atoms with Gasteiger partial charge in [0.05, 0.1) is 24.6 Å². The van der Waals surface area contributed by atoms with Crippen molar-refractivity contribution >= 4 is 47.3 Å². The van der Waals surface area contributed by atoms with E-state index in [0.717, 1.165) is 5.57 Å². The van der Waals surface area contributed by atoms with Crippen molar-refractivity contribution in [2.75, 3.05) is 12.5 Å². The van der Waals surface area contributed by atoms with E-state index < -0.39 is 46.0 Å². The van der Waals surface area contributed by atoms with Crippen LogP contribution in [0.3, 0.4) is 0 Å². The Morgan fingerprint density at radius 3 is 1.97 bits per heavy atom. The Morgan fingerprint density at radius 1 is 0.914 bits per heavy atom. The monoisotopic (exact) mass is 518 g/mol. The first-order valence-corrected chi connectivity index (χ1v) is 13.7. The summed E-state index contributed by atoms with van der Waals surface area (Å²) in [6.07, 6.45) is 12.7. The lowest BCUT2D eigenvalue weighted by Crippen LogP contribution is -2.74. The molecule has 4 aliphatic heterocycles. The smallest absolute Gasteiger partial charge is 0.303 e. The van der Waals surface area contributed by atoms with Gasteiger partial charge in [0.2, 0.25) is 0 Å². The van der Waals surface area contributed by atoms with Gasteiger partial charge < -0.3 is 24.0 Å². The Bertz CT molecular complexity index is 1130. The predicted molar refractivity (Wildman–Crippen MR) is 130 cm³/mol. The van der Waals surface area contributed by atoms with Gasteiger partial charge in [0.1, 0.15) is 12.2 Å². The first-order chi connectivity index (χ1) is 16.7. The molecule has 5 aliphatic rings. The number of carbonyl (C=O) groups excluding carboxylic acids is 4. The molecule has 186 valence electrons. The molecule has 5 rings (SSSR count). The topological polar surface area (TPSA) is 102 Å². The van der Waals surface area contributed by atoms with Gasteiger partial charge in [-0.3, -0.25) is 19.2 Å². The Hall–Kier alpha value is -2.66. The van der Waals surface area contributed by atoms with Crippen LogP contribution in [0, 0.1) is 0 Å². The standard InChI is InChI=1S/C24H26N2O7S2/c1-13(27)32-17-7-5-6-15-10-23(34-3)21(29)26-20-16(12-31-9-8-18(20)33-14(2)28)11-24(26,35-4)22(30)25(23)19(15)17/h5-9,12,17-20H,10-11H2,1-4H3/t17-,18-,19-,20-,23+,24+/m0/s1. The average Bonchev–Trinajstić information content (AvgIpc) is 3.28. The fourth-order valence-corrected chi connectivity index (χ4v) is 7.82. The number of rotatable bonds is 4. The molecule has 0 radical (unpaired) electrons. The summed E-state index contributed by atoms with van der Waals surface area (Å²) in [5.41, 5.74) is 1.56.